The summed E-state index contributed by atoms with van der Waals surface area (Å²) in [7, 11) is 2.56. The lowest BCUT2D eigenvalue weighted by Gasteiger charge is -2.47. The van der Waals surface area contributed by atoms with Gasteiger partial charge in [0.1, 0.15) is 6.61 Å². The summed E-state index contributed by atoms with van der Waals surface area (Å²) in [6.45, 7) is 0.318. The number of hydrogen-bond acceptors (Lipinski definition) is 6. The number of ether oxygens (including phenoxy) is 2. The highest BCUT2D eigenvalue weighted by molar-refractivity contribution is 5.95. The predicted molar refractivity (Wildman–Crippen MR) is 91.3 cm³/mol. The van der Waals surface area contributed by atoms with Crippen molar-refractivity contribution in [3.8, 4) is 11.5 Å². The monoisotopic (exact) mass is 399 g/mol. The lowest BCUT2D eigenvalue weighted by atomic mass is 9.70. The number of alkyl halides is 3. The number of amides is 1. The van der Waals surface area contributed by atoms with Gasteiger partial charge < -0.3 is 19.2 Å². The molecule has 1 N–H and O–H groups in total. The Morgan fingerprint density at radius 1 is 1.32 bits per heavy atom. The van der Waals surface area contributed by atoms with Crippen LogP contribution in [0.5, 0.6) is 0 Å². The lowest BCUT2D eigenvalue weighted by molar-refractivity contribution is -0.307. The number of rotatable bonds is 7. The van der Waals surface area contributed by atoms with Crippen molar-refractivity contribution in [2.75, 3.05) is 20.8 Å². The van der Waals surface area contributed by atoms with Crippen LogP contribution in [0.4, 0.5) is 13.2 Å². The molecule has 28 heavy (non-hydrogen) atoms. The highest BCUT2D eigenvalue weighted by Gasteiger charge is 2.62. The Morgan fingerprint density at radius 3 is 2.71 bits per heavy atom. The fourth-order valence-electron chi connectivity index (χ4n) is 3.22. The standard InChI is InChI=1S/C18H20F3N3O4/c1-26-10-14-23-24-16(28-14)13-5-3-4-12(6-13)15(25)22-9-11-7-17(8-11,27-2)18(19,20)21/h3-6,11H,7-10H2,1-2H3,(H,22,25). The maximum atomic E-state index is 13.0. The van der Waals surface area contributed by atoms with Crippen molar-refractivity contribution in [3.63, 3.8) is 0 Å². The van der Waals surface area contributed by atoms with Crippen LogP contribution in [0.2, 0.25) is 0 Å². The molecule has 1 aliphatic rings. The van der Waals surface area contributed by atoms with Crippen molar-refractivity contribution in [3.05, 3.63) is 35.7 Å². The Hall–Kier alpha value is -2.46. The van der Waals surface area contributed by atoms with Crippen LogP contribution in [0.15, 0.2) is 28.7 Å². The SMILES string of the molecule is COCc1nnc(-c2cccc(C(=O)NCC3CC(OC)(C(F)(F)F)C3)c2)o1. The summed E-state index contributed by atoms with van der Waals surface area (Å²) in [4.78, 5) is 12.4. The van der Waals surface area contributed by atoms with E-state index in [1.165, 1.54) is 7.11 Å². The molecule has 7 nitrogen and oxygen atoms in total. The topological polar surface area (TPSA) is 86.5 Å². The minimum absolute atomic E-state index is 0.142. The molecule has 1 fully saturated rings. The molecule has 1 aliphatic carbocycles. The van der Waals surface area contributed by atoms with Crippen LogP contribution in [-0.2, 0) is 16.1 Å². The van der Waals surface area contributed by atoms with Gasteiger partial charge in [-0.05, 0) is 37.0 Å². The van der Waals surface area contributed by atoms with Crippen molar-refractivity contribution >= 4 is 5.91 Å². The Labute approximate surface area is 159 Å². The Balaban J connectivity index is 1.58. The number of carbonyl (C=O) groups is 1. The van der Waals surface area contributed by atoms with E-state index in [9.17, 15) is 18.0 Å². The highest BCUT2D eigenvalue weighted by atomic mass is 19.4. The molecule has 3 rings (SSSR count). The summed E-state index contributed by atoms with van der Waals surface area (Å²) >= 11 is 0. The summed E-state index contributed by atoms with van der Waals surface area (Å²) in [6.07, 6.45) is -4.75. The van der Waals surface area contributed by atoms with Gasteiger partial charge in [0.25, 0.3) is 5.91 Å². The van der Waals surface area contributed by atoms with E-state index in [0.29, 0.717) is 17.0 Å². The van der Waals surface area contributed by atoms with Gasteiger partial charge in [-0.1, -0.05) is 6.07 Å². The molecule has 0 atom stereocenters. The third-order valence-corrected chi connectivity index (χ3v) is 4.80. The zero-order valence-electron chi connectivity index (χ0n) is 15.4. The third-order valence-electron chi connectivity index (χ3n) is 4.80. The molecule has 1 aromatic heterocycles. The molecule has 1 saturated carbocycles. The Bertz CT molecular complexity index is 831. The maximum absolute atomic E-state index is 13.0. The van der Waals surface area contributed by atoms with Gasteiger partial charge in [-0.3, -0.25) is 4.79 Å². The first-order chi connectivity index (χ1) is 13.3. The van der Waals surface area contributed by atoms with Gasteiger partial charge in [-0.25, -0.2) is 0 Å². The number of methoxy groups -OCH3 is 2. The lowest BCUT2D eigenvalue weighted by Crippen LogP contribution is -2.58. The highest BCUT2D eigenvalue weighted by Crippen LogP contribution is 2.50. The van der Waals surface area contributed by atoms with Crippen LogP contribution in [0.3, 0.4) is 0 Å². The molecule has 0 spiro atoms. The van der Waals surface area contributed by atoms with Gasteiger partial charge in [-0.15, -0.1) is 10.2 Å². The number of carbonyl (C=O) groups excluding carboxylic acids is 1. The Morgan fingerprint density at radius 2 is 2.07 bits per heavy atom. The molecule has 1 amide bonds. The Kier molecular flexibility index (Phi) is 5.71. The van der Waals surface area contributed by atoms with Gasteiger partial charge >= 0.3 is 6.18 Å². The van der Waals surface area contributed by atoms with Crippen LogP contribution < -0.4 is 5.32 Å². The summed E-state index contributed by atoms with van der Waals surface area (Å²) in [5, 5.41) is 10.4. The first-order valence-corrected chi connectivity index (χ1v) is 8.60. The van der Waals surface area contributed by atoms with E-state index in [4.69, 9.17) is 9.15 Å². The number of benzene rings is 1. The fourth-order valence-corrected chi connectivity index (χ4v) is 3.22. The molecule has 152 valence electrons. The number of hydrogen-bond donors (Lipinski definition) is 1. The average Bonchev–Trinajstić information content (AvgIpc) is 3.09. The van der Waals surface area contributed by atoms with Crippen molar-refractivity contribution in [1.29, 1.82) is 0 Å². The van der Waals surface area contributed by atoms with Crippen molar-refractivity contribution < 1.29 is 31.9 Å². The third kappa shape index (κ3) is 4.02. The smallest absolute Gasteiger partial charge is 0.417 e. The van der Waals surface area contributed by atoms with Crippen molar-refractivity contribution in [2.45, 2.75) is 31.2 Å². The number of nitrogens with zero attached hydrogens (tertiary/aromatic N) is 2. The van der Waals surface area contributed by atoms with E-state index in [1.807, 2.05) is 0 Å². The van der Waals surface area contributed by atoms with Crippen molar-refractivity contribution in [2.24, 2.45) is 5.92 Å². The van der Waals surface area contributed by atoms with Crippen LogP contribution in [0.1, 0.15) is 29.1 Å². The van der Waals surface area contributed by atoms with E-state index >= 15 is 0 Å². The molecule has 0 bridgehead atoms. The number of halogens is 3. The minimum Gasteiger partial charge on any atom is -0.418 e. The second-order valence-electron chi connectivity index (χ2n) is 6.70. The predicted octanol–water partition coefficient (Wildman–Crippen LogP) is 2.97. The second kappa shape index (κ2) is 7.88. The molecule has 0 unspecified atom stereocenters. The van der Waals surface area contributed by atoms with Crippen LogP contribution in [0, 0.1) is 5.92 Å². The summed E-state index contributed by atoms with van der Waals surface area (Å²) in [5.41, 5.74) is -1.20. The molecule has 10 heteroatoms. The molecule has 1 aromatic carbocycles. The van der Waals surface area contributed by atoms with Crippen LogP contribution >= 0.6 is 0 Å². The van der Waals surface area contributed by atoms with E-state index in [0.717, 1.165) is 7.11 Å². The van der Waals surface area contributed by atoms with E-state index in [-0.39, 0.29) is 43.7 Å². The average molecular weight is 399 g/mol. The molecule has 0 radical (unpaired) electrons. The van der Waals surface area contributed by atoms with E-state index in [1.54, 1.807) is 24.3 Å². The van der Waals surface area contributed by atoms with Gasteiger partial charge in [0.15, 0.2) is 5.60 Å². The zero-order valence-corrected chi connectivity index (χ0v) is 15.4. The second-order valence-corrected chi connectivity index (χ2v) is 6.70. The summed E-state index contributed by atoms with van der Waals surface area (Å²) in [5.74, 6) is -0.124. The maximum Gasteiger partial charge on any atom is 0.417 e. The van der Waals surface area contributed by atoms with Gasteiger partial charge in [0, 0.05) is 31.9 Å². The van der Waals surface area contributed by atoms with Gasteiger partial charge in [0.05, 0.1) is 0 Å². The minimum atomic E-state index is -4.41. The summed E-state index contributed by atoms with van der Waals surface area (Å²) in [6, 6.07) is 6.55. The van der Waals surface area contributed by atoms with E-state index < -0.39 is 11.8 Å². The summed E-state index contributed by atoms with van der Waals surface area (Å²) < 4.78 is 54.1. The molecule has 2 aromatic rings. The van der Waals surface area contributed by atoms with Gasteiger partial charge in [0.2, 0.25) is 11.8 Å². The zero-order chi connectivity index (χ0) is 20.4. The van der Waals surface area contributed by atoms with Crippen LogP contribution in [-0.4, -0.2) is 48.6 Å². The first kappa shape index (κ1) is 20.3. The molecular formula is C18H20F3N3O4. The first-order valence-electron chi connectivity index (χ1n) is 8.60. The fraction of sp³-hybridized carbons (Fsp3) is 0.500. The molecular weight excluding hydrogens is 379 g/mol. The van der Waals surface area contributed by atoms with Gasteiger partial charge in [-0.2, -0.15) is 13.2 Å². The van der Waals surface area contributed by atoms with Crippen molar-refractivity contribution in [1.82, 2.24) is 15.5 Å². The quantitative estimate of drug-likeness (QED) is 0.770. The molecule has 1 heterocycles. The number of nitrogens with one attached hydrogen (secondary N) is 1. The normalized spacial score (nSPS) is 22.0. The van der Waals surface area contributed by atoms with Crippen LogP contribution in [0.25, 0.3) is 11.5 Å². The molecule has 0 aliphatic heterocycles. The van der Waals surface area contributed by atoms with E-state index in [2.05, 4.69) is 20.3 Å². The number of aromatic nitrogens is 2. The molecule has 0 saturated heterocycles. The largest absolute Gasteiger partial charge is 0.418 e.